The van der Waals surface area contributed by atoms with E-state index in [9.17, 15) is 10.2 Å². The molecule has 2 N–H and O–H groups in total. The van der Waals surface area contributed by atoms with Crippen LogP contribution in [0.25, 0.3) is 16.7 Å². The van der Waals surface area contributed by atoms with Crippen LogP contribution in [0.5, 0.6) is 5.75 Å². The molecule has 1 heterocycles. The van der Waals surface area contributed by atoms with Gasteiger partial charge in [0.25, 0.3) is 0 Å². The van der Waals surface area contributed by atoms with E-state index in [2.05, 4.69) is 10.2 Å². The first-order valence-corrected chi connectivity index (χ1v) is 7.21. The maximum absolute atomic E-state index is 10.5. The molecule has 0 bridgehead atoms. The number of phenolic OH excluding ortho intramolecular Hbond substituents is 1. The Morgan fingerprint density at radius 2 is 1.68 bits per heavy atom. The number of benzene rings is 2. The summed E-state index contributed by atoms with van der Waals surface area (Å²) < 4.78 is 0. The van der Waals surface area contributed by atoms with Crippen molar-refractivity contribution in [3.8, 4) is 11.4 Å². The minimum Gasteiger partial charge on any atom is -0.505 e. The van der Waals surface area contributed by atoms with Gasteiger partial charge in [0.05, 0.1) is 5.60 Å². The minimum atomic E-state index is -0.898. The maximum Gasteiger partial charge on any atom is 0.146 e. The Morgan fingerprint density at radius 1 is 1.09 bits per heavy atom. The standard InChI is InChI=1S/C17H19N3O2/c1-11-8-12(10-17(2,3)22)16(21)15(9-11)20-18-13-6-4-5-7-14(13)19-20/h4-9,21-22H,10H2,1-3H3. The molecule has 0 unspecified atom stereocenters. The lowest BCUT2D eigenvalue weighted by Gasteiger charge is -2.19. The molecule has 0 atom stereocenters. The summed E-state index contributed by atoms with van der Waals surface area (Å²) in [6.45, 7) is 5.38. The molecule has 0 aliphatic rings. The Bertz CT molecular complexity index is 799. The monoisotopic (exact) mass is 297 g/mol. The van der Waals surface area contributed by atoms with E-state index in [-0.39, 0.29) is 5.75 Å². The second-order valence-electron chi connectivity index (χ2n) is 6.26. The molecule has 5 heteroatoms. The Hall–Kier alpha value is -2.40. The number of aromatic hydroxyl groups is 1. The SMILES string of the molecule is Cc1cc(CC(C)(C)O)c(O)c(-n2nc3ccccc3n2)c1. The average molecular weight is 297 g/mol. The van der Waals surface area contributed by atoms with Crippen molar-refractivity contribution in [2.75, 3.05) is 0 Å². The summed E-state index contributed by atoms with van der Waals surface area (Å²) in [7, 11) is 0. The first-order chi connectivity index (χ1) is 10.3. The number of aryl methyl sites for hydroxylation is 1. The van der Waals surface area contributed by atoms with Gasteiger partial charge in [-0.2, -0.15) is 0 Å². The first kappa shape index (κ1) is 14.5. The van der Waals surface area contributed by atoms with Crippen LogP contribution in [0.4, 0.5) is 0 Å². The smallest absolute Gasteiger partial charge is 0.146 e. The van der Waals surface area contributed by atoms with Gasteiger partial charge in [0.1, 0.15) is 22.5 Å². The summed E-state index contributed by atoms with van der Waals surface area (Å²) in [6.07, 6.45) is 0.355. The van der Waals surface area contributed by atoms with Crippen molar-refractivity contribution in [3.63, 3.8) is 0 Å². The molecule has 0 aliphatic heterocycles. The van der Waals surface area contributed by atoms with Gasteiger partial charge >= 0.3 is 0 Å². The molecule has 0 radical (unpaired) electrons. The molecule has 0 spiro atoms. The molecule has 3 rings (SSSR count). The Labute approximate surface area is 128 Å². The zero-order chi connectivity index (χ0) is 15.9. The van der Waals surface area contributed by atoms with E-state index in [1.54, 1.807) is 13.8 Å². The van der Waals surface area contributed by atoms with Crippen molar-refractivity contribution in [1.29, 1.82) is 0 Å². The first-order valence-electron chi connectivity index (χ1n) is 7.21. The van der Waals surface area contributed by atoms with E-state index in [0.717, 1.165) is 16.6 Å². The van der Waals surface area contributed by atoms with E-state index in [1.165, 1.54) is 4.80 Å². The number of nitrogens with zero attached hydrogens (tertiary/aromatic N) is 3. The van der Waals surface area contributed by atoms with Crippen LogP contribution in [0.1, 0.15) is 25.0 Å². The molecular formula is C17H19N3O2. The van der Waals surface area contributed by atoms with Crippen LogP contribution in [0.3, 0.4) is 0 Å². The molecule has 2 aromatic carbocycles. The van der Waals surface area contributed by atoms with Crippen LogP contribution < -0.4 is 0 Å². The highest BCUT2D eigenvalue weighted by atomic mass is 16.3. The molecule has 0 fully saturated rings. The highest BCUT2D eigenvalue weighted by Gasteiger charge is 2.19. The van der Waals surface area contributed by atoms with Crippen molar-refractivity contribution in [3.05, 3.63) is 47.5 Å². The van der Waals surface area contributed by atoms with Gasteiger partial charge < -0.3 is 10.2 Å². The summed E-state index contributed by atoms with van der Waals surface area (Å²) >= 11 is 0. The highest BCUT2D eigenvalue weighted by Crippen LogP contribution is 2.30. The Balaban J connectivity index is 2.14. The van der Waals surface area contributed by atoms with E-state index < -0.39 is 5.60 Å². The van der Waals surface area contributed by atoms with Crippen molar-refractivity contribution < 1.29 is 10.2 Å². The lowest BCUT2D eigenvalue weighted by molar-refractivity contribution is 0.0802. The highest BCUT2D eigenvalue weighted by molar-refractivity contribution is 5.73. The fourth-order valence-corrected chi connectivity index (χ4v) is 2.55. The molecule has 1 aromatic heterocycles. The summed E-state index contributed by atoms with van der Waals surface area (Å²) in [5.41, 5.74) is 2.83. The van der Waals surface area contributed by atoms with Crippen molar-refractivity contribution in [1.82, 2.24) is 15.0 Å². The fourth-order valence-electron chi connectivity index (χ4n) is 2.55. The van der Waals surface area contributed by atoms with Crippen molar-refractivity contribution >= 4 is 11.0 Å². The lowest BCUT2D eigenvalue weighted by atomic mass is 9.96. The zero-order valence-electron chi connectivity index (χ0n) is 12.9. The predicted octanol–water partition coefficient (Wildman–Crippen LogP) is 2.75. The number of phenols is 1. The third kappa shape index (κ3) is 2.80. The molecule has 5 nitrogen and oxygen atoms in total. The normalized spacial score (nSPS) is 12.0. The Morgan fingerprint density at radius 3 is 2.23 bits per heavy atom. The van der Waals surface area contributed by atoms with Crippen LogP contribution in [-0.2, 0) is 6.42 Å². The second kappa shape index (κ2) is 5.10. The summed E-state index contributed by atoms with van der Waals surface area (Å²) in [5, 5.41) is 29.4. The second-order valence-corrected chi connectivity index (χ2v) is 6.26. The maximum atomic E-state index is 10.5. The van der Waals surface area contributed by atoms with Crippen molar-refractivity contribution in [2.45, 2.75) is 32.8 Å². The predicted molar refractivity (Wildman–Crippen MR) is 85.3 cm³/mol. The minimum absolute atomic E-state index is 0.105. The quantitative estimate of drug-likeness (QED) is 0.780. The third-order valence-corrected chi connectivity index (χ3v) is 3.44. The number of aliphatic hydroxyl groups is 1. The number of fused-ring (bicyclic) bond motifs is 1. The number of hydrogen-bond donors (Lipinski definition) is 2. The lowest BCUT2D eigenvalue weighted by Crippen LogP contribution is -2.22. The third-order valence-electron chi connectivity index (χ3n) is 3.44. The van der Waals surface area contributed by atoms with Crippen LogP contribution in [0.15, 0.2) is 36.4 Å². The van der Waals surface area contributed by atoms with Gasteiger partial charge in [-0.05, 0) is 50.1 Å². The van der Waals surface area contributed by atoms with E-state index >= 15 is 0 Å². The number of hydrogen-bond acceptors (Lipinski definition) is 4. The summed E-state index contributed by atoms with van der Waals surface area (Å²) in [4.78, 5) is 1.45. The topological polar surface area (TPSA) is 71.2 Å². The van der Waals surface area contributed by atoms with E-state index in [0.29, 0.717) is 17.7 Å². The molecule has 0 saturated heterocycles. The summed E-state index contributed by atoms with van der Waals surface area (Å²) in [6, 6.07) is 11.3. The number of rotatable bonds is 3. The van der Waals surface area contributed by atoms with E-state index in [4.69, 9.17) is 0 Å². The van der Waals surface area contributed by atoms with E-state index in [1.807, 2.05) is 43.3 Å². The van der Waals surface area contributed by atoms with Crippen molar-refractivity contribution in [2.24, 2.45) is 0 Å². The van der Waals surface area contributed by atoms with Crippen LogP contribution in [-0.4, -0.2) is 30.8 Å². The summed E-state index contributed by atoms with van der Waals surface area (Å²) in [5.74, 6) is 0.105. The molecule has 114 valence electrons. The van der Waals surface area contributed by atoms with Gasteiger partial charge in [0.15, 0.2) is 0 Å². The average Bonchev–Trinajstić information content (AvgIpc) is 2.84. The van der Waals surface area contributed by atoms with Gasteiger partial charge in [-0.25, -0.2) is 0 Å². The molecule has 22 heavy (non-hydrogen) atoms. The molecule has 0 amide bonds. The van der Waals surface area contributed by atoms with Crippen LogP contribution in [0.2, 0.25) is 0 Å². The van der Waals surface area contributed by atoms with Crippen LogP contribution in [0, 0.1) is 6.92 Å². The van der Waals surface area contributed by atoms with Gasteiger partial charge in [0.2, 0.25) is 0 Å². The van der Waals surface area contributed by atoms with Gasteiger partial charge in [-0.3, -0.25) is 0 Å². The molecule has 3 aromatic rings. The fraction of sp³-hybridized carbons (Fsp3) is 0.294. The zero-order valence-corrected chi connectivity index (χ0v) is 12.9. The van der Waals surface area contributed by atoms with Crippen LogP contribution >= 0.6 is 0 Å². The van der Waals surface area contributed by atoms with Gasteiger partial charge in [-0.15, -0.1) is 15.0 Å². The Kier molecular flexibility index (Phi) is 3.37. The van der Waals surface area contributed by atoms with Gasteiger partial charge in [-0.1, -0.05) is 18.2 Å². The molecule has 0 saturated carbocycles. The largest absolute Gasteiger partial charge is 0.505 e. The molecule has 0 aliphatic carbocycles. The number of aromatic nitrogens is 3. The van der Waals surface area contributed by atoms with Gasteiger partial charge in [0, 0.05) is 6.42 Å². The molecular weight excluding hydrogens is 278 g/mol.